The molecular formula is C19H21ClN2O2. The fraction of sp³-hybridized carbons (Fsp3) is 0.316. The van der Waals surface area contributed by atoms with Crippen molar-refractivity contribution < 1.29 is 9.90 Å². The first-order valence-electron chi connectivity index (χ1n) is 8.17. The molecule has 2 aromatic carbocycles. The molecule has 0 unspecified atom stereocenters. The molecule has 24 heavy (non-hydrogen) atoms. The first kappa shape index (κ1) is 16.8. The minimum atomic E-state index is -0.875. The smallest absolute Gasteiger partial charge is 0.335 e. The number of nitrogens with zero attached hydrogens (tertiary/aromatic N) is 2. The molecule has 3 rings (SSSR count). The summed E-state index contributed by atoms with van der Waals surface area (Å²) in [6.07, 6.45) is 0.945. The van der Waals surface area contributed by atoms with Gasteiger partial charge >= 0.3 is 5.97 Å². The number of hydrogen-bond donors (Lipinski definition) is 1. The second kappa shape index (κ2) is 7.69. The Morgan fingerprint density at radius 2 is 1.58 bits per heavy atom. The maximum Gasteiger partial charge on any atom is 0.335 e. The van der Waals surface area contributed by atoms with Crippen molar-refractivity contribution in [2.24, 2.45) is 0 Å². The molecule has 0 aromatic heterocycles. The van der Waals surface area contributed by atoms with Crippen molar-refractivity contribution in [3.05, 3.63) is 64.7 Å². The van der Waals surface area contributed by atoms with Gasteiger partial charge in [0.2, 0.25) is 0 Å². The molecule has 0 spiro atoms. The van der Waals surface area contributed by atoms with Crippen LogP contribution < -0.4 is 4.90 Å². The number of anilines is 1. The summed E-state index contributed by atoms with van der Waals surface area (Å²) in [6, 6.07) is 15.2. The standard InChI is InChI=1S/C19H21ClN2O2/c20-17-5-7-18(8-6-17)22-13-11-21(12-14-22)10-9-15-1-3-16(4-2-15)19(23)24/h1-8H,9-14H2,(H,23,24). The van der Waals surface area contributed by atoms with Crippen LogP contribution in [-0.2, 0) is 6.42 Å². The van der Waals surface area contributed by atoms with E-state index in [1.54, 1.807) is 12.1 Å². The maximum atomic E-state index is 10.9. The van der Waals surface area contributed by atoms with Crippen LogP contribution in [0.4, 0.5) is 5.69 Å². The highest BCUT2D eigenvalue weighted by atomic mass is 35.5. The summed E-state index contributed by atoms with van der Waals surface area (Å²) < 4.78 is 0. The van der Waals surface area contributed by atoms with E-state index in [4.69, 9.17) is 16.7 Å². The summed E-state index contributed by atoms with van der Waals surface area (Å²) in [4.78, 5) is 15.7. The minimum absolute atomic E-state index is 0.343. The molecule has 5 heteroatoms. The summed E-state index contributed by atoms with van der Waals surface area (Å²) in [5.41, 5.74) is 2.75. The molecule has 1 saturated heterocycles. The van der Waals surface area contributed by atoms with Crippen LogP contribution in [0.2, 0.25) is 5.02 Å². The average Bonchev–Trinajstić information content (AvgIpc) is 2.61. The molecule has 1 fully saturated rings. The lowest BCUT2D eigenvalue weighted by Gasteiger charge is -2.36. The lowest BCUT2D eigenvalue weighted by molar-refractivity contribution is 0.0697. The molecule has 1 N–H and O–H groups in total. The number of carboxylic acids is 1. The Kier molecular flexibility index (Phi) is 5.38. The highest BCUT2D eigenvalue weighted by Crippen LogP contribution is 2.19. The van der Waals surface area contributed by atoms with Crippen molar-refractivity contribution >= 4 is 23.3 Å². The molecule has 0 bridgehead atoms. The first-order valence-corrected chi connectivity index (χ1v) is 8.55. The number of carbonyl (C=O) groups is 1. The number of hydrogen-bond acceptors (Lipinski definition) is 3. The van der Waals surface area contributed by atoms with Gasteiger partial charge in [0.1, 0.15) is 0 Å². The monoisotopic (exact) mass is 344 g/mol. The minimum Gasteiger partial charge on any atom is -0.478 e. The fourth-order valence-electron chi connectivity index (χ4n) is 2.98. The Balaban J connectivity index is 1.47. The second-order valence-corrected chi connectivity index (χ2v) is 6.49. The third-order valence-corrected chi connectivity index (χ3v) is 4.73. The summed E-state index contributed by atoms with van der Waals surface area (Å²) in [7, 11) is 0. The maximum absolute atomic E-state index is 10.9. The number of rotatable bonds is 5. The third-order valence-electron chi connectivity index (χ3n) is 4.48. The molecule has 2 aromatic rings. The fourth-order valence-corrected chi connectivity index (χ4v) is 3.11. The Morgan fingerprint density at radius 3 is 2.17 bits per heavy atom. The zero-order valence-corrected chi connectivity index (χ0v) is 14.2. The van der Waals surface area contributed by atoms with Gasteiger partial charge in [-0.1, -0.05) is 23.7 Å². The number of halogens is 1. The predicted molar refractivity (Wildman–Crippen MR) is 97.2 cm³/mol. The van der Waals surface area contributed by atoms with E-state index in [-0.39, 0.29) is 0 Å². The number of piperazine rings is 1. The van der Waals surface area contributed by atoms with Crippen LogP contribution in [0.5, 0.6) is 0 Å². The number of carboxylic acid groups (broad SMARTS) is 1. The van der Waals surface area contributed by atoms with E-state index >= 15 is 0 Å². The van der Waals surface area contributed by atoms with E-state index < -0.39 is 5.97 Å². The van der Waals surface area contributed by atoms with Gasteiger partial charge in [-0.2, -0.15) is 0 Å². The van der Waals surface area contributed by atoms with Crippen molar-refractivity contribution in [2.45, 2.75) is 6.42 Å². The van der Waals surface area contributed by atoms with Crippen molar-refractivity contribution in [1.82, 2.24) is 4.90 Å². The van der Waals surface area contributed by atoms with Crippen LogP contribution in [0, 0.1) is 0 Å². The first-order chi connectivity index (χ1) is 11.6. The molecule has 0 radical (unpaired) electrons. The highest BCUT2D eigenvalue weighted by Gasteiger charge is 2.16. The van der Waals surface area contributed by atoms with Crippen LogP contribution in [0.3, 0.4) is 0 Å². The van der Waals surface area contributed by atoms with Gasteiger partial charge in [0.05, 0.1) is 5.56 Å². The molecule has 4 nitrogen and oxygen atoms in total. The second-order valence-electron chi connectivity index (χ2n) is 6.06. The average molecular weight is 345 g/mol. The van der Waals surface area contributed by atoms with Crippen LogP contribution in [0.15, 0.2) is 48.5 Å². The van der Waals surface area contributed by atoms with Crippen LogP contribution >= 0.6 is 11.6 Å². The summed E-state index contributed by atoms with van der Waals surface area (Å²) >= 11 is 5.94. The van der Waals surface area contributed by atoms with Crippen LogP contribution in [0.25, 0.3) is 0 Å². The molecule has 1 aliphatic rings. The van der Waals surface area contributed by atoms with E-state index in [1.165, 1.54) is 11.3 Å². The van der Waals surface area contributed by atoms with Crippen LogP contribution in [-0.4, -0.2) is 48.7 Å². The molecule has 0 saturated carbocycles. The van der Waals surface area contributed by atoms with Gasteiger partial charge in [0.15, 0.2) is 0 Å². The summed E-state index contributed by atoms with van der Waals surface area (Å²) in [5, 5.41) is 9.69. The predicted octanol–water partition coefficient (Wildman–Crippen LogP) is 3.40. The zero-order chi connectivity index (χ0) is 16.9. The zero-order valence-electron chi connectivity index (χ0n) is 13.5. The lowest BCUT2D eigenvalue weighted by Crippen LogP contribution is -2.46. The molecule has 0 aliphatic carbocycles. The van der Waals surface area contributed by atoms with Gasteiger partial charge in [-0.3, -0.25) is 4.90 Å². The number of aromatic carboxylic acids is 1. The Hall–Kier alpha value is -2.04. The van der Waals surface area contributed by atoms with Gasteiger partial charge in [0, 0.05) is 43.4 Å². The van der Waals surface area contributed by atoms with E-state index in [0.717, 1.165) is 44.2 Å². The van der Waals surface area contributed by atoms with E-state index in [1.807, 2.05) is 24.3 Å². The third kappa shape index (κ3) is 4.28. The quantitative estimate of drug-likeness (QED) is 0.902. The molecule has 0 atom stereocenters. The van der Waals surface area contributed by atoms with Gasteiger partial charge in [0.25, 0.3) is 0 Å². The van der Waals surface area contributed by atoms with Crippen molar-refractivity contribution in [1.29, 1.82) is 0 Å². The highest BCUT2D eigenvalue weighted by molar-refractivity contribution is 6.30. The number of benzene rings is 2. The Labute approximate surface area is 147 Å². The van der Waals surface area contributed by atoms with E-state index in [0.29, 0.717) is 5.56 Å². The largest absolute Gasteiger partial charge is 0.478 e. The Morgan fingerprint density at radius 1 is 0.958 bits per heavy atom. The normalized spacial score (nSPS) is 15.5. The SMILES string of the molecule is O=C(O)c1ccc(CCN2CCN(c3ccc(Cl)cc3)CC2)cc1. The summed E-state index contributed by atoms with van der Waals surface area (Å²) in [5.74, 6) is -0.875. The molecular weight excluding hydrogens is 324 g/mol. The van der Waals surface area contributed by atoms with Gasteiger partial charge in [-0.05, 0) is 48.4 Å². The lowest BCUT2D eigenvalue weighted by atomic mass is 10.1. The van der Waals surface area contributed by atoms with Gasteiger partial charge in [-0.25, -0.2) is 4.79 Å². The molecule has 126 valence electrons. The van der Waals surface area contributed by atoms with Crippen molar-refractivity contribution in [3.63, 3.8) is 0 Å². The van der Waals surface area contributed by atoms with E-state index in [9.17, 15) is 4.79 Å². The van der Waals surface area contributed by atoms with E-state index in [2.05, 4.69) is 21.9 Å². The molecule has 0 amide bonds. The topological polar surface area (TPSA) is 43.8 Å². The molecule has 1 aliphatic heterocycles. The van der Waals surface area contributed by atoms with Gasteiger partial charge < -0.3 is 10.0 Å². The van der Waals surface area contributed by atoms with Crippen LogP contribution in [0.1, 0.15) is 15.9 Å². The molecule has 1 heterocycles. The van der Waals surface area contributed by atoms with Gasteiger partial charge in [-0.15, -0.1) is 0 Å². The van der Waals surface area contributed by atoms with Crippen molar-refractivity contribution in [3.8, 4) is 0 Å². The summed E-state index contributed by atoms with van der Waals surface area (Å²) in [6.45, 7) is 5.10. The van der Waals surface area contributed by atoms with Crippen molar-refractivity contribution in [2.75, 3.05) is 37.6 Å². The Bertz CT molecular complexity index is 678.